The van der Waals surface area contributed by atoms with E-state index in [1.54, 1.807) is 0 Å². The van der Waals surface area contributed by atoms with Gasteiger partial charge in [-0.05, 0) is 24.7 Å². The maximum atomic E-state index is 5.58. The van der Waals surface area contributed by atoms with Crippen molar-refractivity contribution in [1.82, 2.24) is 5.32 Å². The van der Waals surface area contributed by atoms with Crippen molar-refractivity contribution in [2.24, 2.45) is 0 Å². The molecule has 0 spiro atoms. The number of nitrogens with one attached hydrogen (secondary N) is 1. The van der Waals surface area contributed by atoms with Crippen LogP contribution in [0.25, 0.3) is 0 Å². The molecule has 0 radical (unpaired) electrons. The van der Waals surface area contributed by atoms with Crippen molar-refractivity contribution in [3.63, 3.8) is 0 Å². The molecular weight excluding hydrogens is 214 g/mol. The van der Waals surface area contributed by atoms with Crippen LogP contribution in [0.15, 0.2) is 46.9 Å². The van der Waals surface area contributed by atoms with Crippen LogP contribution in [0.1, 0.15) is 17.1 Å². The highest BCUT2D eigenvalue weighted by molar-refractivity contribution is 5.13. The first-order valence-electron chi connectivity index (χ1n) is 5.72. The maximum absolute atomic E-state index is 5.58. The molecule has 2 rings (SSSR count). The van der Waals surface area contributed by atoms with Crippen LogP contribution in [-0.4, -0.2) is 7.05 Å². The van der Waals surface area contributed by atoms with Gasteiger partial charge in [-0.3, -0.25) is 0 Å². The third kappa shape index (κ3) is 3.73. The van der Waals surface area contributed by atoms with Crippen molar-refractivity contribution < 1.29 is 9.15 Å². The molecule has 2 aromatic rings. The summed E-state index contributed by atoms with van der Waals surface area (Å²) in [7, 11) is 1.90. The van der Waals surface area contributed by atoms with Gasteiger partial charge in [-0.25, -0.2) is 0 Å². The first-order valence-corrected chi connectivity index (χ1v) is 5.72. The highest BCUT2D eigenvalue weighted by Crippen LogP contribution is 2.10. The van der Waals surface area contributed by atoms with Crippen LogP contribution in [0, 0.1) is 0 Å². The second-order valence-electron chi connectivity index (χ2n) is 3.88. The smallest absolute Gasteiger partial charge is 0.129 e. The Morgan fingerprint density at radius 3 is 2.53 bits per heavy atom. The number of hydrogen-bond donors (Lipinski definition) is 1. The van der Waals surface area contributed by atoms with E-state index >= 15 is 0 Å². The second-order valence-corrected chi connectivity index (χ2v) is 3.88. The van der Waals surface area contributed by atoms with Gasteiger partial charge in [0.15, 0.2) is 0 Å². The van der Waals surface area contributed by atoms with Gasteiger partial charge in [0.1, 0.15) is 18.1 Å². The van der Waals surface area contributed by atoms with Crippen molar-refractivity contribution >= 4 is 0 Å². The van der Waals surface area contributed by atoms with Crippen LogP contribution in [0.2, 0.25) is 0 Å². The van der Waals surface area contributed by atoms with E-state index in [0.29, 0.717) is 13.2 Å². The fourth-order valence-electron chi connectivity index (χ4n) is 1.61. The molecule has 1 aromatic carbocycles. The molecule has 0 saturated carbocycles. The molecule has 0 saturated heterocycles. The number of benzene rings is 1. The molecule has 0 amide bonds. The van der Waals surface area contributed by atoms with Gasteiger partial charge in [0, 0.05) is 0 Å². The summed E-state index contributed by atoms with van der Waals surface area (Å²) in [6.07, 6.45) is 0. The molecule has 0 aliphatic rings. The van der Waals surface area contributed by atoms with E-state index in [0.717, 1.165) is 18.1 Å². The Bertz CT molecular complexity index is 436. The topological polar surface area (TPSA) is 34.4 Å². The molecule has 3 nitrogen and oxygen atoms in total. The van der Waals surface area contributed by atoms with E-state index in [2.05, 4.69) is 17.4 Å². The monoisotopic (exact) mass is 231 g/mol. The van der Waals surface area contributed by atoms with Gasteiger partial charge in [-0.1, -0.05) is 30.3 Å². The lowest BCUT2D eigenvalue weighted by Gasteiger charge is -2.02. The van der Waals surface area contributed by atoms with Crippen molar-refractivity contribution in [3.05, 3.63) is 59.5 Å². The minimum atomic E-state index is 0.513. The number of furan rings is 1. The molecule has 0 atom stereocenters. The standard InChI is InChI=1S/C14H17NO2/c1-15-9-13-7-8-14(17-13)11-16-10-12-5-3-2-4-6-12/h2-8,15H,9-11H2,1H3. The lowest BCUT2D eigenvalue weighted by atomic mass is 10.2. The molecule has 1 heterocycles. The van der Waals surface area contributed by atoms with Crippen LogP contribution in [0.3, 0.4) is 0 Å². The van der Waals surface area contributed by atoms with E-state index in [1.807, 2.05) is 37.4 Å². The summed E-state index contributed by atoms with van der Waals surface area (Å²) in [6.45, 7) is 1.88. The minimum absolute atomic E-state index is 0.513. The molecule has 1 aromatic heterocycles. The largest absolute Gasteiger partial charge is 0.462 e. The summed E-state index contributed by atoms with van der Waals surface area (Å²) < 4.78 is 11.2. The molecule has 1 N–H and O–H groups in total. The lowest BCUT2D eigenvalue weighted by Crippen LogP contribution is -2.03. The van der Waals surface area contributed by atoms with E-state index in [4.69, 9.17) is 9.15 Å². The summed E-state index contributed by atoms with van der Waals surface area (Å²) in [5.41, 5.74) is 1.18. The van der Waals surface area contributed by atoms with Gasteiger partial charge in [0.05, 0.1) is 13.2 Å². The molecule has 17 heavy (non-hydrogen) atoms. The van der Waals surface area contributed by atoms with Gasteiger partial charge in [0.2, 0.25) is 0 Å². The second kappa shape index (κ2) is 6.23. The molecule has 3 heteroatoms. The third-order valence-electron chi connectivity index (χ3n) is 2.42. The summed E-state index contributed by atoms with van der Waals surface area (Å²) in [5, 5.41) is 3.04. The predicted octanol–water partition coefficient (Wildman–Crippen LogP) is 2.72. The Labute approximate surface area is 101 Å². The van der Waals surface area contributed by atoms with Crippen molar-refractivity contribution in [1.29, 1.82) is 0 Å². The number of ether oxygens (including phenoxy) is 1. The summed E-state index contributed by atoms with van der Waals surface area (Å²) in [5.74, 6) is 1.80. The Morgan fingerprint density at radius 2 is 1.76 bits per heavy atom. The fraction of sp³-hybridized carbons (Fsp3) is 0.286. The first kappa shape index (κ1) is 11.9. The number of hydrogen-bond acceptors (Lipinski definition) is 3. The van der Waals surface area contributed by atoms with Crippen LogP contribution in [0.5, 0.6) is 0 Å². The van der Waals surface area contributed by atoms with E-state index in [-0.39, 0.29) is 0 Å². The average Bonchev–Trinajstić information content (AvgIpc) is 2.79. The van der Waals surface area contributed by atoms with Crippen LogP contribution >= 0.6 is 0 Å². The highest BCUT2D eigenvalue weighted by atomic mass is 16.5. The predicted molar refractivity (Wildman–Crippen MR) is 66.4 cm³/mol. The van der Waals surface area contributed by atoms with Gasteiger partial charge < -0.3 is 14.5 Å². The fourth-order valence-corrected chi connectivity index (χ4v) is 1.61. The van der Waals surface area contributed by atoms with Crippen molar-refractivity contribution in [3.8, 4) is 0 Å². The van der Waals surface area contributed by atoms with Gasteiger partial charge >= 0.3 is 0 Å². The molecule has 90 valence electrons. The Morgan fingerprint density at radius 1 is 1.00 bits per heavy atom. The first-order chi connectivity index (χ1) is 8.38. The number of rotatable bonds is 6. The molecule has 0 unspecified atom stereocenters. The van der Waals surface area contributed by atoms with Gasteiger partial charge in [-0.15, -0.1) is 0 Å². The molecule has 0 aliphatic heterocycles. The maximum Gasteiger partial charge on any atom is 0.129 e. The zero-order valence-electron chi connectivity index (χ0n) is 9.98. The molecular formula is C14H17NO2. The van der Waals surface area contributed by atoms with E-state index in [9.17, 15) is 0 Å². The van der Waals surface area contributed by atoms with Crippen molar-refractivity contribution in [2.45, 2.75) is 19.8 Å². The summed E-state index contributed by atoms with van der Waals surface area (Å²) >= 11 is 0. The average molecular weight is 231 g/mol. The Hall–Kier alpha value is -1.58. The van der Waals surface area contributed by atoms with Crippen LogP contribution in [0.4, 0.5) is 0 Å². The lowest BCUT2D eigenvalue weighted by molar-refractivity contribution is 0.0920. The normalized spacial score (nSPS) is 10.6. The van der Waals surface area contributed by atoms with E-state index < -0.39 is 0 Å². The zero-order valence-corrected chi connectivity index (χ0v) is 9.98. The van der Waals surface area contributed by atoms with Crippen molar-refractivity contribution in [2.75, 3.05) is 7.05 Å². The Balaban J connectivity index is 1.78. The summed E-state index contributed by atoms with van der Waals surface area (Å²) in [4.78, 5) is 0. The molecule has 0 aliphatic carbocycles. The van der Waals surface area contributed by atoms with Gasteiger partial charge in [-0.2, -0.15) is 0 Å². The van der Waals surface area contributed by atoms with E-state index in [1.165, 1.54) is 5.56 Å². The third-order valence-corrected chi connectivity index (χ3v) is 2.42. The minimum Gasteiger partial charge on any atom is -0.462 e. The molecule has 0 bridgehead atoms. The van der Waals surface area contributed by atoms with Crippen LogP contribution in [-0.2, 0) is 24.5 Å². The summed E-state index contributed by atoms with van der Waals surface area (Å²) in [6, 6.07) is 14.0. The Kier molecular flexibility index (Phi) is 4.36. The molecule has 0 fully saturated rings. The SMILES string of the molecule is CNCc1ccc(COCc2ccccc2)o1. The quantitative estimate of drug-likeness (QED) is 0.830. The van der Waals surface area contributed by atoms with Gasteiger partial charge in [0.25, 0.3) is 0 Å². The zero-order chi connectivity index (χ0) is 11.9. The van der Waals surface area contributed by atoms with Crippen LogP contribution < -0.4 is 5.32 Å². The highest BCUT2D eigenvalue weighted by Gasteiger charge is 2.01.